The molecule has 5 rings (SSSR count). The van der Waals surface area contributed by atoms with Crippen molar-refractivity contribution >= 4 is 23.5 Å². The number of halogens is 1. The number of carbonyl (C=O) groups is 2. The molecule has 11 atom stereocenters. The summed E-state index contributed by atoms with van der Waals surface area (Å²) in [5.41, 5.74) is 3.38. The Kier molecular flexibility index (Phi) is 13.0. The van der Waals surface area contributed by atoms with Crippen molar-refractivity contribution in [1.82, 2.24) is 20.2 Å². The second kappa shape index (κ2) is 16.7. The molecule has 44 heavy (non-hydrogen) atoms. The summed E-state index contributed by atoms with van der Waals surface area (Å²) in [7, 11) is 5.37. The van der Waals surface area contributed by atoms with E-state index in [-0.39, 0.29) is 59.6 Å². The Hall–Kier alpha value is -1.05. The van der Waals surface area contributed by atoms with Gasteiger partial charge in [-0.15, -0.1) is 11.6 Å². The first-order chi connectivity index (χ1) is 21.4. The lowest BCUT2D eigenvalue weighted by atomic mass is 9.78. The van der Waals surface area contributed by atoms with Gasteiger partial charge >= 0.3 is 11.9 Å². The number of alkyl halides is 1. The summed E-state index contributed by atoms with van der Waals surface area (Å²) in [6.45, 7) is 7.67. The first-order valence-corrected chi connectivity index (χ1v) is 17.4. The highest BCUT2D eigenvalue weighted by atomic mass is 35.5. The van der Waals surface area contributed by atoms with Crippen LogP contribution in [-0.4, -0.2) is 143 Å². The minimum atomic E-state index is -0.283. The molecular formula is C32H55ClN4O7. The van der Waals surface area contributed by atoms with Crippen molar-refractivity contribution in [3.63, 3.8) is 0 Å². The van der Waals surface area contributed by atoms with Crippen LogP contribution in [0.15, 0.2) is 0 Å². The van der Waals surface area contributed by atoms with Gasteiger partial charge in [0.15, 0.2) is 0 Å². The summed E-state index contributed by atoms with van der Waals surface area (Å²) >= 11 is 6.78. The molecule has 1 N–H and O–H groups in total. The third-order valence-corrected chi connectivity index (χ3v) is 11.2. The first kappa shape index (κ1) is 34.3. The van der Waals surface area contributed by atoms with Crippen LogP contribution >= 0.6 is 11.6 Å². The number of methoxy groups -OCH3 is 2. The van der Waals surface area contributed by atoms with Crippen molar-refractivity contribution in [2.75, 3.05) is 80.3 Å². The number of esters is 2. The number of nitrogens with zero attached hydrogens (tertiary/aromatic N) is 3. The molecular weight excluding hydrogens is 588 g/mol. The van der Waals surface area contributed by atoms with Crippen molar-refractivity contribution in [1.29, 1.82) is 0 Å². The zero-order valence-corrected chi connectivity index (χ0v) is 27.8. The standard InChI is InChI=1S/C32H55ClN4O7/c1-35-27-18-22(17-26(33)25(27)21-34-35)32(39)44-24-7-4-15-42-29-20-23(19-28(40-2)30(29)41-3)31(38)43-16-6-11-36-9-5-10-37(12-8-24)14-13-36/h22-30,34H,4-21H2,1-3H3. The Bertz CT molecular complexity index is 933. The number of hydrazine groups is 1. The number of ether oxygens (including phenoxy) is 5. The van der Waals surface area contributed by atoms with Gasteiger partial charge in [-0.3, -0.25) is 15.0 Å². The van der Waals surface area contributed by atoms with Crippen LogP contribution < -0.4 is 5.43 Å². The van der Waals surface area contributed by atoms with E-state index < -0.39 is 0 Å². The van der Waals surface area contributed by atoms with E-state index in [1.165, 1.54) is 0 Å². The van der Waals surface area contributed by atoms with Gasteiger partial charge in [0, 0.05) is 77.9 Å². The van der Waals surface area contributed by atoms with Crippen LogP contribution in [0.4, 0.5) is 0 Å². The Morgan fingerprint density at radius 3 is 2.45 bits per heavy atom. The molecule has 0 amide bonds. The van der Waals surface area contributed by atoms with Crippen LogP contribution in [0.25, 0.3) is 0 Å². The van der Waals surface area contributed by atoms with Gasteiger partial charge < -0.3 is 33.5 Å². The van der Waals surface area contributed by atoms with E-state index in [0.29, 0.717) is 38.4 Å². The average Bonchev–Trinajstić information content (AvgIpc) is 3.25. The number of rotatable bonds is 4. The lowest BCUT2D eigenvalue weighted by Gasteiger charge is -2.39. The van der Waals surface area contributed by atoms with Crippen LogP contribution in [0, 0.1) is 17.8 Å². The second-order valence-electron chi connectivity index (χ2n) is 13.5. The lowest BCUT2D eigenvalue weighted by molar-refractivity contribution is -0.172. The molecule has 0 spiro atoms. The van der Waals surface area contributed by atoms with E-state index in [9.17, 15) is 9.59 Å². The van der Waals surface area contributed by atoms with Crippen molar-refractivity contribution in [2.45, 2.75) is 93.6 Å². The molecule has 0 aromatic carbocycles. The first-order valence-electron chi connectivity index (χ1n) is 17.0. The molecule has 2 saturated carbocycles. The van der Waals surface area contributed by atoms with Crippen molar-refractivity contribution in [2.24, 2.45) is 17.8 Å². The minimum absolute atomic E-state index is 0.0343. The number of cyclic esters (lactones) is 1. The van der Waals surface area contributed by atoms with E-state index in [0.717, 1.165) is 84.3 Å². The van der Waals surface area contributed by atoms with Gasteiger partial charge in [0.05, 0.1) is 30.7 Å². The number of carbonyl (C=O) groups excluding carboxylic acids is 2. The largest absolute Gasteiger partial charge is 0.465 e. The Morgan fingerprint density at radius 1 is 0.909 bits per heavy atom. The average molecular weight is 643 g/mol. The van der Waals surface area contributed by atoms with Gasteiger partial charge in [-0.2, -0.15) is 0 Å². The predicted octanol–water partition coefficient (Wildman–Crippen LogP) is 2.30. The fraction of sp³-hybridized carbons (Fsp3) is 0.938. The molecule has 3 heterocycles. The minimum Gasteiger partial charge on any atom is -0.465 e. The molecule has 0 radical (unpaired) electrons. The van der Waals surface area contributed by atoms with Gasteiger partial charge in [0.25, 0.3) is 0 Å². The normalized spacial score (nSPS) is 41.8. The van der Waals surface area contributed by atoms with Crippen LogP contribution in [0.3, 0.4) is 0 Å². The highest BCUT2D eigenvalue weighted by Gasteiger charge is 2.45. The monoisotopic (exact) mass is 642 g/mol. The predicted molar refractivity (Wildman–Crippen MR) is 166 cm³/mol. The molecule has 3 aliphatic heterocycles. The fourth-order valence-corrected chi connectivity index (χ4v) is 8.49. The molecule has 5 fully saturated rings. The quantitative estimate of drug-likeness (QED) is 0.361. The van der Waals surface area contributed by atoms with E-state index in [1.807, 2.05) is 7.05 Å². The zero-order chi connectivity index (χ0) is 31.1. The van der Waals surface area contributed by atoms with Crippen molar-refractivity contribution in [3.05, 3.63) is 0 Å². The van der Waals surface area contributed by atoms with Gasteiger partial charge in [-0.25, -0.2) is 5.01 Å². The van der Waals surface area contributed by atoms with Crippen LogP contribution in [0.2, 0.25) is 0 Å². The van der Waals surface area contributed by atoms with E-state index in [4.69, 9.17) is 35.3 Å². The van der Waals surface area contributed by atoms with E-state index >= 15 is 0 Å². The van der Waals surface area contributed by atoms with E-state index in [1.54, 1.807) is 14.2 Å². The van der Waals surface area contributed by atoms with Crippen molar-refractivity contribution in [3.8, 4) is 0 Å². The molecule has 2 aliphatic carbocycles. The number of hydrogen-bond donors (Lipinski definition) is 1. The zero-order valence-electron chi connectivity index (χ0n) is 27.0. The number of fused-ring (bicyclic) bond motifs is 6. The second-order valence-corrected chi connectivity index (χ2v) is 14.0. The maximum absolute atomic E-state index is 13.6. The Balaban J connectivity index is 1.24. The molecule has 12 heteroatoms. The number of hydrogen-bond acceptors (Lipinski definition) is 11. The van der Waals surface area contributed by atoms with Gasteiger partial charge in [0.2, 0.25) is 0 Å². The molecule has 3 saturated heterocycles. The Morgan fingerprint density at radius 2 is 1.68 bits per heavy atom. The fourth-order valence-electron chi connectivity index (χ4n) is 8.02. The molecule has 4 bridgehead atoms. The molecule has 11 unspecified atom stereocenters. The van der Waals surface area contributed by atoms with Crippen LogP contribution in [0.1, 0.15) is 57.8 Å². The third-order valence-electron chi connectivity index (χ3n) is 10.7. The highest BCUT2D eigenvalue weighted by molar-refractivity contribution is 6.21. The van der Waals surface area contributed by atoms with E-state index in [2.05, 4.69) is 20.2 Å². The summed E-state index contributed by atoms with van der Waals surface area (Å²) in [6, 6.07) is 0.257. The molecule has 0 aromatic rings. The maximum Gasteiger partial charge on any atom is 0.309 e. The summed E-state index contributed by atoms with van der Waals surface area (Å²) in [5, 5.41) is 2.09. The molecule has 0 aromatic heterocycles. The summed E-state index contributed by atoms with van der Waals surface area (Å²) in [6.07, 6.45) is 5.78. The van der Waals surface area contributed by atoms with Gasteiger partial charge in [-0.05, 0) is 70.9 Å². The lowest BCUT2D eigenvalue weighted by Crippen LogP contribution is -2.49. The molecule has 11 nitrogen and oxygen atoms in total. The van der Waals surface area contributed by atoms with Gasteiger partial charge in [0.1, 0.15) is 12.2 Å². The van der Waals surface area contributed by atoms with Gasteiger partial charge in [-0.1, -0.05) is 0 Å². The number of nitrogens with one attached hydrogen (secondary N) is 1. The van der Waals surface area contributed by atoms with Crippen LogP contribution in [0.5, 0.6) is 0 Å². The topological polar surface area (TPSA) is 102 Å². The third kappa shape index (κ3) is 8.85. The van der Waals surface area contributed by atoms with Crippen molar-refractivity contribution < 1.29 is 33.3 Å². The summed E-state index contributed by atoms with van der Waals surface area (Å²) in [4.78, 5) is 31.6. The molecule has 5 aliphatic rings. The molecule has 252 valence electrons. The van der Waals surface area contributed by atoms with Crippen LogP contribution in [-0.2, 0) is 33.3 Å². The highest BCUT2D eigenvalue weighted by Crippen LogP contribution is 2.38. The SMILES string of the molecule is COC1CC2CC(OCCCC(OC(=O)C3CC(Cl)C4CNN(C)C4C3)CCN3CCCN(CCCOC2=O)CC3)C1OC. The Labute approximate surface area is 268 Å². The smallest absolute Gasteiger partial charge is 0.309 e. The summed E-state index contributed by atoms with van der Waals surface area (Å²) in [5.74, 6) is -0.394. The summed E-state index contributed by atoms with van der Waals surface area (Å²) < 4.78 is 29.9. The maximum atomic E-state index is 13.6.